The number of hydrogen-bond donors (Lipinski definition) is 4. The number of aryl methyl sites for hydroxylation is 1. The molecule has 1 aliphatic rings. The molecule has 0 radical (unpaired) electrons. The molecule has 0 fully saturated rings. The number of fused-ring (bicyclic) bond motifs is 1. The van der Waals surface area contributed by atoms with Gasteiger partial charge in [0.1, 0.15) is 16.9 Å². The van der Waals surface area contributed by atoms with Gasteiger partial charge >= 0.3 is 0 Å². The van der Waals surface area contributed by atoms with Gasteiger partial charge < -0.3 is 16.0 Å². The number of anilines is 2. The van der Waals surface area contributed by atoms with Crippen LogP contribution in [0.25, 0.3) is 0 Å². The number of benzene rings is 1. The maximum absolute atomic E-state index is 12.4. The molecule has 2 aromatic heterocycles. The van der Waals surface area contributed by atoms with Crippen LogP contribution < -0.4 is 16.0 Å². The quantitative estimate of drug-likeness (QED) is 0.539. The first-order chi connectivity index (χ1) is 13.1. The van der Waals surface area contributed by atoms with E-state index in [-0.39, 0.29) is 18.3 Å². The highest BCUT2D eigenvalue weighted by molar-refractivity contribution is 7.11. The number of aromatic nitrogens is 4. The summed E-state index contributed by atoms with van der Waals surface area (Å²) in [6, 6.07) is 9.01. The lowest BCUT2D eigenvalue weighted by atomic mass is 10.1. The number of nitrogens with one attached hydrogen (secondary N) is 4. The van der Waals surface area contributed by atoms with Crippen LogP contribution >= 0.6 is 11.5 Å². The van der Waals surface area contributed by atoms with Gasteiger partial charge in [0.05, 0.1) is 11.4 Å². The molecule has 0 bridgehead atoms. The summed E-state index contributed by atoms with van der Waals surface area (Å²) < 4.78 is 4.20. The first-order valence-corrected chi connectivity index (χ1v) is 9.14. The van der Waals surface area contributed by atoms with Crippen LogP contribution in [0.5, 0.6) is 0 Å². The highest BCUT2D eigenvalue weighted by atomic mass is 32.1. The predicted octanol–water partition coefficient (Wildman–Crippen LogP) is 1.32. The Morgan fingerprint density at radius 2 is 2.15 bits per heavy atom. The fraction of sp³-hybridized carbons (Fsp3) is 0.235. The Kier molecular flexibility index (Phi) is 4.55. The molecule has 1 atom stereocenters. The first kappa shape index (κ1) is 17.2. The van der Waals surface area contributed by atoms with Gasteiger partial charge in [-0.1, -0.05) is 30.3 Å². The largest absolute Gasteiger partial charge is 0.371 e. The zero-order chi connectivity index (χ0) is 18.8. The van der Waals surface area contributed by atoms with E-state index in [4.69, 9.17) is 0 Å². The number of carbonyl (C=O) groups is 2. The molecule has 1 aromatic carbocycles. The zero-order valence-corrected chi connectivity index (χ0v) is 15.3. The molecule has 0 saturated heterocycles. The highest BCUT2D eigenvalue weighted by Gasteiger charge is 2.28. The number of H-pyrrole nitrogens is 1. The minimum Gasteiger partial charge on any atom is -0.371 e. The minimum absolute atomic E-state index is 0.00518. The molecule has 3 aromatic rings. The summed E-state index contributed by atoms with van der Waals surface area (Å²) in [6.45, 7) is 2.08. The van der Waals surface area contributed by atoms with Crippen molar-refractivity contribution in [2.75, 3.05) is 17.2 Å². The first-order valence-electron chi connectivity index (χ1n) is 8.37. The van der Waals surface area contributed by atoms with Gasteiger partial charge in [0.25, 0.3) is 5.91 Å². The molecule has 10 heteroatoms. The van der Waals surface area contributed by atoms with Crippen LogP contribution in [0.2, 0.25) is 0 Å². The molecule has 9 nitrogen and oxygen atoms in total. The van der Waals surface area contributed by atoms with Gasteiger partial charge in [0, 0.05) is 13.0 Å². The van der Waals surface area contributed by atoms with Crippen molar-refractivity contribution < 1.29 is 9.59 Å². The van der Waals surface area contributed by atoms with Crippen molar-refractivity contribution in [3.05, 3.63) is 53.2 Å². The Morgan fingerprint density at radius 1 is 1.33 bits per heavy atom. The number of nitrogens with zero attached hydrogens (tertiary/aromatic N) is 3. The second-order valence-corrected chi connectivity index (χ2v) is 6.91. The molecule has 4 rings (SSSR count). The summed E-state index contributed by atoms with van der Waals surface area (Å²) in [7, 11) is 0. The fourth-order valence-corrected chi connectivity index (χ4v) is 3.50. The average molecular weight is 383 g/mol. The summed E-state index contributed by atoms with van der Waals surface area (Å²) in [5.41, 5.74) is 2.45. The van der Waals surface area contributed by atoms with E-state index < -0.39 is 11.9 Å². The molecule has 2 amide bonds. The van der Waals surface area contributed by atoms with Crippen molar-refractivity contribution in [2.45, 2.75) is 19.4 Å². The molecule has 0 aliphatic carbocycles. The van der Waals surface area contributed by atoms with Gasteiger partial charge in [-0.2, -0.15) is 4.37 Å². The number of rotatable bonds is 4. The van der Waals surface area contributed by atoms with Gasteiger partial charge in [-0.3, -0.25) is 14.7 Å². The van der Waals surface area contributed by atoms with Crippen LogP contribution in [0.1, 0.15) is 27.7 Å². The van der Waals surface area contributed by atoms with Crippen LogP contribution in [0.15, 0.2) is 30.3 Å². The summed E-state index contributed by atoms with van der Waals surface area (Å²) >= 11 is 1.27. The van der Waals surface area contributed by atoms with E-state index in [0.29, 0.717) is 17.9 Å². The normalized spacial score (nSPS) is 16.0. The van der Waals surface area contributed by atoms with Crippen molar-refractivity contribution in [3.8, 4) is 0 Å². The minimum atomic E-state index is -0.743. The monoisotopic (exact) mass is 383 g/mol. The summed E-state index contributed by atoms with van der Waals surface area (Å²) in [6.07, 6.45) is 0.541. The molecule has 138 valence electrons. The molecule has 0 spiro atoms. The molecule has 3 heterocycles. The molecular formula is C17H17N7O2S. The maximum atomic E-state index is 12.4. The Labute approximate surface area is 158 Å². The lowest BCUT2D eigenvalue weighted by molar-refractivity contribution is -0.117. The number of hydrogen-bond acceptors (Lipinski definition) is 7. The smallest absolute Gasteiger partial charge is 0.291 e. The SMILES string of the molecule is Cc1nsc2c1NC(=O)[C@@H](NC(=O)c1n[nH]c(Cc3ccccc3)n1)CN2. The predicted molar refractivity (Wildman–Crippen MR) is 101 cm³/mol. The topological polar surface area (TPSA) is 125 Å². The Morgan fingerprint density at radius 3 is 2.96 bits per heavy atom. The van der Waals surface area contributed by atoms with Crippen LogP contribution in [0.3, 0.4) is 0 Å². The molecule has 0 saturated carbocycles. The second kappa shape index (κ2) is 7.16. The van der Waals surface area contributed by atoms with Gasteiger partial charge in [0.2, 0.25) is 11.7 Å². The number of carbonyl (C=O) groups excluding carboxylic acids is 2. The van der Waals surface area contributed by atoms with E-state index in [0.717, 1.165) is 16.3 Å². The number of amides is 2. The molecule has 4 N–H and O–H groups in total. The summed E-state index contributed by atoms with van der Waals surface area (Å²) in [5.74, 6) is -0.227. The lowest BCUT2D eigenvalue weighted by Crippen LogP contribution is -2.47. The summed E-state index contributed by atoms with van der Waals surface area (Å²) in [4.78, 5) is 29.1. The van der Waals surface area contributed by atoms with Crippen molar-refractivity contribution in [1.29, 1.82) is 0 Å². The van der Waals surface area contributed by atoms with Crippen LogP contribution in [-0.4, -0.2) is 44.0 Å². The van der Waals surface area contributed by atoms with Gasteiger partial charge in [-0.25, -0.2) is 4.98 Å². The lowest BCUT2D eigenvalue weighted by Gasteiger charge is -2.14. The molecule has 0 unspecified atom stereocenters. The highest BCUT2D eigenvalue weighted by Crippen LogP contribution is 2.31. The van der Waals surface area contributed by atoms with E-state index in [9.17, 15) is 9.59 Å². The third-order valence-corrected chi connectivity index (χ3v) is 5.04. The van der Waals surface area contributed by atoms with E-state index in [2.05, 4.69) is 35.5 Å². The van der Waals surface area contributed by atoms with Crippen molar-refractivity contribution >= 4 is 34.0 Å². The molecule has 1 aliphatic heterocycles. The number of aromatic amines is 1. The van der Waals surface area contributed by atoms with E-state index in [1.165, 1.54) is 11.5 Å². The standard InChI is InChI=1S/C17H17N7O2S/c1-9-13-17(27-24-9)18-8-11(15(25)21-13)19-16(26)14-20-12(22-23-14)7-10-5-3-2-4-6-10/h2-6,11,18H,7-8H2,1H3,(H,19,26)(H,21,25)(H,20,22,23)/t11-/m0/s1. The van der Waals surface area contributed by atoms with Gasteiger partial charge in [-0.05, 0) is 24.0 Å². The van der Waals surface area contributed by atoms with Gasteiger partial charge in [-0.15, -0.1) is 5.10 Å². The van der Waals surface area contributed by atoms with Crippen molar-refractivity contribution in [2.24, 2.45) is 0 Å². The van der Waals surface area contributed by atoms with Crippen LogP contribution in [0.4, 0.5) is 10.7 Å². The maximum Gasteiger partial charge on any atom is 0.291 e. The van der Waals surface area contributed by atoms with Gasteiger partial charge in [0.15, 0.2) is 0 Å². The third kappa shape index (κ3) is 3.65. The zero-order valence-electron chi connectivity index (χ0n) is 14.4. The Bertz CT molecular complexity index is 982. The summed E-state index contributed by atoms with van der Waals surface area (Å²) in [5, 5.41) is 16.1. The van der Waals surface area contributed by atoms with Crippen molar-refractivity contribution in [1.82, 2.24) is 24.9 Å². The van der Waals surface area contributed by atoms with Crippen molar-refractivity contribution in [3.63, 3.8) is 0 Å². The van der Waals surface area contributed by atoms with Crippen LogP contribution in [-0.2, 0) is 11.2 Å². The van der Waals surface area contributed by atoms with E-state index in [1.807, 2.05) is 37.3 Å². The third-order valence-electron chi connectivity index (χ3n) is 4.15. The molecule has 27 heavy (non-hydrogen) atoms. The average Bonchev–Trinajstić information content (AvgIpc) is 3.23. The fourth-order valence-electron chi connectivity index (χ4n) is 2.74. The van der Waals surface area contributed by atoms with E-state index in [1.54, 1.807) is 0 Å². The van der Waals surface area contributed by atoms with Crippen LogP contribution in [0, 0.1) is 6.92 Å². The second-order valence-electron chi connectivity index (χ2n) is 6.14. The van der Waals surface area contributed by atoms with E-state index >= 15 is 0 Å². The molecular weight excluding hydrogens is 366 g/mol. The Balaban J connectivity index is 1.41. The Hall–Kier alpha value is -3.27.